The average molecular weight is 434 g/mol. The number of benzene rings is 2. The van der Waals surface area contributed by atoms with Crippen molar-refractivity contribution in [3.8, 4) is 11.6 Å². The number of hydrogen-bond acceptors (Lipinski definition) is 7. The van der Waals surface area contributed by atoms with E-state index in [0.717, 1.165) is 0 Å². The van der Waals surface area contributed by atoms with E-state index in [0.29, 0.717) is 16.5 Å². The fourth-order valence-electron chi connectivity index (χ4n) is 2.74. The minimum Gasteiger partial charge on any atom is -0.434 e. The Kier molecular flexibility index (Phi) is 4.99. The van der Waals surface area contributed by atoms with E-state index >= 15 is 0 Å². The van der Waals surface area contributed by atoms with E-state index in [2.05, 4.69) is 25.7 Å². The van der Waals surface area contributed by atoms with Gasteiger partial charge in [0.05, 0.1) is 20.8 Å². The van der Waals surface area contributed by atoms with Crippen LogP contribution in [0, 0.1) is 0 Å². The van der Waals surface area contributed by atoms with Gasteiger partial charge in [-0.1, -0.05) is 35.3 Å². The third-order valence-corrected chi connectivity index (χ3v) is 4.63. The zero-order valence-electron chi connectivity index (χ0n) is 14.8. The molecule has 1 atom stereocenters. The molecule has 11 heteroatoms. The molecule has 3 N–H and O–H groups in total. The maximum atomic E-state index is 11.9. The first-order chi connectivity index (χ1) is 13.9. The molecular weight excluding hydrogens is 421 g/mol. The smallest absolute Gasteiger partial charge is 0.434 e. The molecule has 0 saturated heterocycles. The number of H-pyrrole nitrogens is 2. The van der Waals surface area contributed by atoms with Crippen LogP contribution in [0.4, 0.5) is 5.69 Å². The van der Waals surface area contributed by atoms with Crippen molar-refractivity contribution in [3.63, 3.8) is 0 Å². The fourth-order valence-corrected chi connectivity index (χ4v) is 3.31. The normalized spacial score (nSPS) is 12.1. The SMILES string of the molecule is CC(Nc1cc(Cl)c(Oc2n[nH]c(=O)c3ccccc23)c(Cl)c1)c1n[nH]c(=O)o1. The Labute approximate surface area is 172 Å². The van der Waals surface area contributed by atoms with E-state index in [1.807, 2.05) is 0 Å². The van der Waals surface area contributed by atoms with Gasteiger partial charge in [-0.05, 0) is 31.2 Å². The average Bonchev–Trinajstić information content (AvgIpc) is 3.13. The molecule has 0 aliphatic rings. The van der Waals surface area contributed by atoms with Gasteiger partial charge in [0.2, 0.25) is 11.8 Å². The Morgan fingerprint density at radius 3 is 2.41 bits per heavy atom. The number of nitrogens with one attached hydrogen (secondary N) is 3. The van der Waals surface area contributed by atoms with Gasteiger partial charge < -0.3 is 14.5 Å². The summed E-state index contributed by atoms with van der Waals surface area (Å²) in [6, 6.07) is 9.65. The van der Waals surface area contributed by atoms with Crippen LogP contribution in [0.5, 0.6) is 11.6 Å². The highest BCUT2D eigenvalue weighted by Crippen LogP contribution is 2.40. The molecular formula is C18H13Cl2N5O4. The van der Waals surface area contributed by atoms with Crippen molar-refractivity contribution in [3.05, 3.63) is 73.2 Å². The maximum Gasteiger partial charge on any atom is 0.434 e. The Morgan fingerprint density at radius 1 is 1.07 bits per heavy atom. The van der Waals surface area contributed by atoms with Crippen LogP contribution >= 0.6 is 23.2 Å². The third kappa shape index (κ3) is 3.82. The third-order valence-electron chi connectivity index (χ3n) is 4.07. The maximum absolute atomic E-state index is 11.9. The van der Waals surface area contributed by atoms with Crippen molar-refractivity contribution < 1.29 is 9.15 Å². The first-order valence-corrected chi connectivity index (χ1v) is 9.14. The predicted octanol–water partition coefficient (Wildman–Crippen LogP) is 3.87. The molecule has 0 saturated carbocycles. The van der Waals surface area contributed by atoms with Crippen molar-refractivity contribution in [1.29, 1.82) is 0 Å². The highest BCUT2D eigenvalue weighted by molar-refractivity contribution is 6.37. The first-order valence-electron chi connectivity index (χ1n) is 8.38. The number of hydrogen-bond donors (Lipinski definition) is 3. The number of aromatic nitrogens is 4. The van der Waals surface area contributed by atoms with E-state index in [-0.39, 0.29) is 33.1 Å². The molecule has 2 aromatic heterocycles. The van der Waals surface area contributed by atoms with Gasteiger partial charge in [-0.25, -0.2) is 15.0 Å². The highest BCUT2D eigenvalue weighted by atomic mass is 35.5. The van der Waals surface area contributed by atoms with Crippen molar-refractivity contribution in [2.75, 3.05) is 5.32 Å². The fraction of sp³-hybridized carbons (Fsp3) is 0.111. The summed E-state index contributed by atoms with van der Waals surface area (Å²) in [6.45, 7) is 1.75. The van der Waals surface area contributed by atoms with Crippen molar-refractivity contribution in [1.82, 2.24) is 20.4 Å². The van der Waals surface area contributed by atoms with Crippen LogP contribution in [0.3, 0.4) is 0 Å². The molecule has 2 aromatic carbocycles. The number of rotatable bonds is 5. The number of fused-ring (bicyclic) bond motifs is 1. The summed E-state index contributed by atoms with van der Waals surface area (Å²) in [5, 5.41) is 16.8. The highest BCUT2D eigenvalue weighted by Gasteiger charge is 2.17. The summed E-state index contributed by atoms with van der Waals surface area (Å²) in [6.07, 6.45) is 0. The second-order valence-electron chi connectivity index (χ2n) is 6.09. The lowest BCUT2D eigenvalue weighted by atomic mass is 10.2. The molecule has 4 aromatic rings. The van der Waals surface area contributed by atoms with Gasteiger partial charge in [0, 0.05) is 5.69 Å². The Balaban J connectivity index is 1.64. The van der Waals surface area contributed by atoms with E-state index in [1.54, 1.807) is 43.3 Å². The van der Waals surface area contributed by atoms with Crippen molar-refractivity contribution in [2.24, 2.45) is 0 Å². The van der Waals surface area contributed by atoms with Gasteiger partial charge in [-0.15, -0.1) is 10.2 Å². The monoisotopic (exact) mass is 433 g/mol. The molecule has 29 heavy (non-hydrogen) atoms. The molecule has 0 aliphatic heterocycles. The summed E-state index contributed by atoms with van der Waals surface area (Å²) < 4.78 is 10.7. The van der Waals surface area contributed by atoms with Crippen LogP contribution in [0.25, 0.3) is 10.8 Å². The van der Waals surface area contributed by atoms with Gasteiger partial charge in [-0.3, -0.25) is 4.79 Å². The minimum atomic E-state index is -0.644. The van der Waals surface area contributed by atoms with Crippen LogP contribution in [-0.4, -0.2) is 20.4 Å². The summed E-state index contributed by atoms with van der Waals surface area (Å²) in [4.78, 5) is 23.0. The molecule has 0 spiro atoms. The van der Waals surface area contributed by atoms with Crippen LogP contribution in [0.2, 0.25) is 10.0 Å². The Hall–Kier alpha value is -3.30. The zero-order chi connectivity index (χ0) is 20.5. The molecule has 0 aliphatic carbocycles. The molecule has 148 valence electrons. The predicted molar refractivity (Wildman–Crippen MR) is 108 cm³/mol. The molecule has 0 bridgehead atoms. The van der Waals surface area contributed by atoms with E-state index in [9.17, 15) is 9.59 Å². The van der Waals surface area contributed by atoms with Gasteiger partial charge in [0.25, 0.3) is 5.56 Å². The second kappa shape index (κ2) is 7.61. The molecule has 0 radical (unpaired) electrons. The van der Waals surface area contributed by atoms with Gasteiger partial charge >= 0.3 is 5.76 Å². The molecule has 4 rings (SSSR count). The first kappa shape index (κ1) is 19.0. The Morgan fingerprint density at radius 2 is 1.76 bits per heavy atom. The largest absolute Gasteiger partial charge is 0.434 e. The minimum absolute atomic E-state index is 0.163. The molecule has 0 fully saturated rings. The number of anilines is 1. The van der Waals surface area contributed by atoms with Crippen LogP contribution in [-0.2, 0) is 0 Å². The number of nitrogens with zero attached hydrogens (tertiary/aromatic N) is 2. The molecule has 9 nitrogen and oxygen atoms in total. The van der Waals surface area contributed by atoms with Crippen LogP contribution < -0.4 is 21.4 Å². The zero-order valence-corrected chi connectivity index (χ0v) is 16.3. The van der Waals surface area contributed by atoms with E-state index in [4.69, 9.17) is 32.4 Å². The lowest BCUT2D eigenvalue weighted by molar-refractivity contribution is 0.445. The van der Waals surface area contributed by atoms with Crippen LogP contribution in [0.15, 0.2) is 50.4 Å². The molecule has 2 heterocycles. The summed E-state index contributed by atoms with van der Waals surface area (Å²) in [7, 11) is 0. The number of halogens is 2. The van der Waals surface area contributed by atoms with Crippen LogP contribution in [0.1, 0.15) is 18.9 Å². The number of ether oxygens (including phenoxy) is 1. The second-order valence-corrected chi connectivity index (χ2v) is 6.91. The van der Waals surface area contributed by atoms with E-state index < -0.39 is 11.8 Å². The lowest BCUT2D eigenvalue weighted by Crippen LogP contribution is -2.09. The standard InChI is InChI=1S/C18H13Cl2N5O4/c1-8(16-23-25-18(27)29-16)21-9-6-12(19)14(13(20)7-9)28-17-11-5-3-2-4-10(11)15(26)22-24-17/h2-8,21H,1H3,(H,22,26)(H,25,27). The summed E-state index contributed by atoms with van der Waals surface area (Å²) in [5.74, 6) is -0.112. The van der Waals surface area contributed by atoms with Crippen molar-refractivity contribution >= 4 is 39.7 Å². The molecule has 1 unspecified atom stereocenters. The summed E-state index contributed by atoms with van der Waals surface area (Å²) >= 11 is 12.7. The van der Waals surface area contributed by atoms with E-state index in [1.165, 1.54) is 0 Å². The van der Waals surface area contributed by atoms with Gasteiger partial charge in [0.15, 0.2) is 5.75 Å². The number of aromatic amines is 2. The summed E-state index contributed by atoms with van der Waals surface area (Å²) in [5.41, 5.74) is 0.230. The molecule has 0 amide bonds. The van der Waals surface area contributed by atoms with Gasteiger partial charge in [0.1, 0.15) is 6.04 Å². The lowest BCUT2D eigenvalue weighted by Gasteiger charge is -2.15. The Bertz CT molecular complexity index is 1290. The van der Waals surface area contributed by atoms with Gasteiger partial charge in [-0.2, -0.15) is 0 Å². The van der Waals surface area contributed by atoms with Crippen molar-refractivity contribution in [2.45, 2.75) is 13.0 Å². The quantitative estimate of drug-likeness (QED) is 0.435. The topological polar surface area (TPSA) is 126 Å².